The Morgan fingerprint density at radius 3 is 2.53 bits per heavy atom. The second-order valence-corrected chi connectivity index (χ2v) is 3.61. The first-order valence-corrected chi connectivity index (χ1v) is 4.66. The predicted molar refractivity (Wildman–Crippen MR) is 50.7 cm³/mol. The Morgan fingerprint density at radius 1 is 1.47 bits per heavy atom. The first-order chi connectivity index (χ1) is 6.91. The smallest absolute Gasteiger partial charge is 0.387 e. The normalized spacial score (nSPS) is 10.5. The maximum atomic E-state index is 13.2. The molecule has 0 spiro atoms. The summed E-state index contributed by atoms with van der Waals surface area (Å²) in [6.07, 6.45) is 0. The molecule has 0 aliphatic rings. The summed E-state index contributed by atoms with van der Waals surface area (Å²) in [6, 6.07) is 2.13. The number of halogens is 4. The van der Waals surface area contributed by atoms with Crippen molar-refractivity contribution in [2.45, 2.75) is 13.5 Å². The third-order valence-electron chi connectivity index (χ3n) is 1.59. The first kappa shape index (κ1) is 12.0. The molecule has 1 rings (SSSR count). The quantitative estimate of drug-likeness (QED) is 0.795. The number of carbonyl (C=O) groups is 1. The molecule has 0 N–H and O–H groups in total. The SMILES string of the molecule is CC(=O)c1c(F)cc(Br)cc1OC(F)F. The Labute approximate surface area is 92.2 Å². The number of rotatable bonds is 3. The van der Waals surface area contributed by atoms with Gasteiger partial charge in [-0.15, -0.1) is 0 Å². The standard InChI is InChI=1S/C9H6BrF3O2/c1-4(14)8-6(11)2-5(10)3-7(8)15-9(12)13/h2-3,9H,1H3. The Morgan fingerprint density at radius 2 is 2.07 bits per heavy atom. The van der Waals surface area contributed by atoms with Gasteiger partial charge in [-0.3, -0.25) is 4.79 Å². The lowest BCUT2D eigenvalue weighted by atomic mass is 10.1. The number of hydrogen-bond acceptors (Lipinski definition) is 2. The molecular weight excluding hydrogens is 277 g/mol. The van der Waals surface area contributed by atoms with E-state index in [1.54, 1.807) is 0 Å². The van der Waals surface area contributed by atoms with Crippen LogP contribution in [-0.2, 0) is 0 Å². The van der Waals surface area contributed by atoms with Crippen molar-refractivity contribution in [1.29, 1.82) is 0 Å². The molecule has 82 valence electrons. The van der Waals surface area contributed by atoms with Crippen molar-refractivity contribution < 1.29 is 22.7 Å². The molecule has 0 saturated carbocycles. The molecule has 1 aromatic carbocycles. The minimum atomic E-state index is -3.10. The van der Waals surface area contributed by atoms with Gasteiger partial charge < -0.3 is 4.74 Å². The van der Waals surface area contributed by atoms with Gasteiger partial charge in [-0.25, -0.2) is 4.39 Å². The minimum Gasteiger partial charge on any atom is -0.434 e. The predicted octanol–water partition coefficient (Wildman–Crippen LogP) is 3.39. The highest BCUT2D eigenvalue weighted by Gasteiger charge is 2.18. The van der Waals surface area contributed by atoms with Crippen LogP contribution in [0.4, 0.5) is 13.2 Å². The summed E-state index contributed by atoms with van der Waals surface area (Å²) < 4.78 is 41.4. The van der Waals surface area contributed by atoms with Crippen molar-refractivity contribution in [2.75, 3.05) is 0 Å². The average Bonchev–Trinajstić information content (AvgIpc) is 1.99. The largest absolute Gasteiger partial charge is 0.434 e. The van der Waals surface area contributed by atoms with Crippen molar-refractivity contribution in [3.8, 4) is 5.75 Å². The third-order valence-corrected chi connectivity index (χ3v) is 2.04. The second-order valence-electron chi connectivity index (χ2n) is 2.70. The Kier molecular flexibility index (Phi) is 3.73. The van der Waals surface area contributed by atoms with Gasteiger partial charge in [-0.2, -0.15) is 8.78 Å². The van der Waals surface area contributed by atoms with Gasteiger partial charge in [0.1, 0.15) is 11.6 Å². The van der Waals surface area contributed by atoms with E-state index in [9.17, 15) is 18.0 Å². The van der Waals surface area contributed by atoms with Crippen LogP contribution in [0.5, 0.6) is 5.75 Å². The van der Waals surface area contributed by atoms with E-state index in [-0.39, 0.29) is 4.47 Å². The van der Waals surface area contributed by atoms with Gasteiger partial charge in [0.2, 0.25) is 0 Å². The maximum absolute atomic E-state index is 13.2. The lowest BCUT2D eigenvalue weighted by Gasteiger charge is -2.09. The number of hydrogen-bond donors (Lipinski definition) is 0. The van der Waals surface area contributed by atoms with Gasteiger partial charge in [0.05, 0.1) is 5.56 Å². The average molecular weight is 283 g/mol. The van der Waals surface area contributed by atoms with Gasteiger partial charge in [0, 0.05) is 4.47 Å². The first-order valence-electron chi connectivity index (χ1n) is 3.86. The second kappa shape index (κ2) is 4.65. The monoisotopic (exact) mass is 282 g/mol. The minimum absolute atomic E-state index is 0.223. The summed E-state index contributed by atoms with van der Waals surface area (Å²) in [5.74, 6) is -2.03. The van der Waals surface area contributed by atoms with E-state index in [1.165, 1.54) is 0 Å². The molecule has 0 fully saturated rings. The molecule has 0 unspecified atom stereocenters. The van der Waals surface area contributed by atoms with E-state index in [4.69, 9.17) is 0 Å². The summed E-state index contributed by atoms with van der Waals surface area (Å²) in [4.78, 5) is 11.0. The molecule has 0 atom stereocenters. The van der Waals surface area contributed by atoms with Crippen molar-refractivity contribution in [2.24, 2.45) is 0 Å². The molecule has 15 heavy (non-hydrogen) atoms. The zero-order valence-corrected chi connectivity index (χ0v) is 9.15. The highest BCUT2D eigenvalue weighted by atomic mass is 79.9. The lowest BCUT2D eigenvalue weighted by Crippen LogP contribution is -2.08. The zero-order chi connectivity index (χ0) is 11.6. The summed E-state index contributed by atoms with van der Waals surface area (Å²) in [6.45, 7) is -2.03. The van der Waals surface area contributed by atoms with E-state index in [1.807, 2.05) is 0 Å². The van der Waals surface area contributed by atoms with E-state index in [0.717, 1.165) is 19.1 Å². The van der Waals surface area contributed by atoms with Gasteiger partial charge >= 0.3 is 6.61 Å². The molecule has 6 heteroatoms. The molecule has 0 aliphatic carbocycles. The Hall–Kier alpha value is -1.04. The molecule has 0 aromatic heterocycles. The topological polar surface area (TPSA) is 26.3 Å². The Bertz CT molecular complexity index is 393. The highest BCUT2D eigenvalue weighted by Crippen LogP contribution is 2.28. The number of carbonyl (C=O) groups excluding carboxylic acids is 1. The molecule has 0 aliphatic heterocycles. The van der Waals surface area contributed by atoms with Gasteiger partial charge in [0.15, 0.2) is 5.78 Å². The van der Waals surface area contributed by atoms with Crippen LogP contribution >= 0.6 is 15.9 Å². The van der Waals surface area contributed by atoms with Crippen LogP contribution < -0.4 is 4.74 Å². The van der Waals surface area contributed by atoms with Crippen molar-refractivity contribution in [3.05, 3.63) is 28.0 Å². The molecule has 0 bridgehead atoms. The summed E-state index contributed by atoms with van der Waals surface area (Å²) >= 11 is 2.91. The molecule has 0 amide bonds. The van der Waals surface area contributed by atoms with Gasteiger partial charge in [0.25, 0.3) is 0 Å². The van der Waals surface area contributed by atoms with E-state index in [2.05, 4.69) is 20.7 Å². The summed E-state index contributed by atoms with van der Waals surface area (Å²) in [7, 11) is 0. The van der Waals surface area contributed by atoms with Crippen LogP contribution in [0.1, 0.15) is 17.3 Å². The fourth-order valence-electron chi connectivity index (χ4n) is 1.08. The molecule has 1 aromatic rings. The van der Waals surface area contributed by atoms with Crippen molar-refractivity contribution in [1.82, 2.24) is 0 Å². The number of ether oxygens (including phenoxy) is 1. The highest BCUT2D eigenvalue weighted by molar-refractivity contribution is 9.10. The van der Waals surface area contributed by atoms with Crippen LogP contribution in [0, 0.1) is 5.82 Å². The number of alkyl halides is 2. The third kappa shape index (κ3) is 2.95. The van der Waals surface area contributed by atoms with Crippen LogP contribution in [0.25, 0.3) is 0 Å². The van der Waals surface area contributed by atoms with Gasteiger partial charge in [-0.1, -0.05) is 15.9 Å². The lowest BCUT2D eigenvalue weighted by molar-refractivity contribution is -0.0503. The van der Waals surface area contributed by atoms with E-state index < -0.39 is 29.5 Å². The molecule has 2 nitrogen and oxygen atoms in total. The van der Waals surface area contributed by atoms with E-state index in [0.29, 0.717) is 0 Å². The summed E-state index contributed by atoms with van der Waals surface area (Å²) in [5, 5.41) is 0. The molecule has 0 radical (unpaired) electrons. The fraction of sp³-hybridized carbons (Fsp3) is 0.222. The van der Waals surface area contributed by atoms with E-state index >= 15 is 0 Å². The number of ketones is 1. The summed E-state index contributed by atoms with van der Waals surface area (Å²) in [5.41, 5.74) is -0.474. The number of benzene rings is 1. The molecule has 0 saturated heterocycles. The zero-order valence-electron chi connectivity index (χ0n) is 7.56. The number of Topliss-reactive ketones (excluding diaryl/α,β-unsaturated/α-hetero) is 1. The van der Waals surface area contributed by atoms with Crippen molar-refractivity contribution in [3.63, 3.8) is 0 Å². The van der Waals surface area contributed by atoms with Crippen LogP contribution in [0.3, 0.4) is 0 Å². The van der Waals surface area contributed by atoms with Gasteiger partial charge in [-0.05, 0) is 19.1 Å². The van der Waals surface area contributed by atoms with Crippen LogP contribution in [0.2, 0.25) is 0 Å². The fourth-order valence-corrected chi connectivity index (χ4v) is 1.49. The molecular formula is C9H6BrF3O2. The molecule has 0 heterocycles. The van der Waals surface area contributed by atoms with Crippen LogP contribution in [-0.4, -0.2) is 12.4 Å². The van der Waals surface area contributed by atoms with Crippen molar-refractivity contribution >= 4 is 21.7 Å². The Balaban J connectivity index is 3.27. The van der Waals surface area contributed by atoms with Crippen LogP contribution in [0.15, 0.2) is 16.6 Å². The maximum Gasteiger partial charge on any atom is 0.387 e.